The molecule has 0 aliphatic carbocycles. The molecule has 1 heterocycles. The van der Waals surface area contributed by atoms with E-state index in [4.69, 9.17) is 4.74 Å². The molecule has 0 fully saturated rings. The molecule has 110 valence electrons. The third-order valence-corrected chi connectivity index (χ3v) is 4.04. The van der Waals surface area contributed by atoms with E-state index in [0.29, 0.717) is 6.04 Å². The summed E-state index contributed by atoms with van der Waals surface area (Å²) in [6.07, 6.45) is 0.973. The van der Waals surface area contributed by atoms with Crippen molar-refractivity contribution in [3.63, 3.8) is 0 Å². The molecule has 1 aliphatic heterocycles. The number of aliphatic hydroxyl groups excluding tert-OH is 1. The number of hydrogen-bond acceptors (Lipinski definition) is 3. The molecule has 2 atom stereocenters. The summed E-state index contributed by atoms with van der Waals surface area (Å²) >= 11 is 0. The van der Waals surface area contributed by atoms with Crippen molar-refractivity contribution in [1.29, 1.82) is 0 Å². The Bertz CT molecular complexity index is 612. The van der Waals surface area contributed by atoms with Gasteiger partial charge in [0.2, 0.25) is 0 Å². The van der Waals surface area contributed by atoms with Crippen LogP contribution >= 0.6 is 0 Å². The molecule has 1 aliphatic rings. The van der Waals surface area contributed by atoms with E-state index < -0.39 is 0 Å². The minimum atomic E-state index is 0.0840. The van der Waals surface area contributed by atoms with E-state index in [1.807, 2.05) is 24.3 Å². The Morgan fingerprint density at radius 2 is 2.10 bits per heavy atom. The van der Waals surface area contributed by atoms with E-state index in [0.717, 1.165) is 24.3 Å². The highest BCUT2D eigenvalue weighted by Gasteiger charge is 2.22. The fourth-order valence-corrected chi connectivity index (χ4v) is 2.87. The zero-order chi connectivity index (χ0) is 14.7. The predicted molar refractivity (Wildman–Crippen MR) is 83.2 cm³/mol. The molecule has 0 bridgehead atoms. The topological polar surface area (TPSA) is 41.5 Å². The molecule has 2 aromatic carbocycles. The number of para-hydroxylation sites is 1. The van der Waals surface area contributed by atoms with E-state index >= 15 is 0 Å². The van der Waals surface area contributed by atoms with Crippen molar-refractivity contribution in [2.24, 2.45) is 0 Å². The summed E-state index contributed by atoms with van der Waals surface area (Å²) < 4.78 is 5.70. The second kappa shape index (κ2) is 6.29. The van der Waals surface area contributed by atoms with E-state index in [9.17, 15) is 5.11 Å². The largest absolute Gasteiger partial charge is 0.493 e. The molecule has 0 spiro atoms. The number of nitrogens with one attached hydrogen (secondary N) is 1. The van der Waals surface area contributed by atoms with Gasteiger partial charge in [-0.05, 0) is 24.1 Å². The van der Waals surface area contributed by atoms with Crippen molar-refractivity contribution in [3.05, 3.63) is 65.2 Å². The third-order valence-electron chi connectivity index (χ3n) is 4.04. The summed E-state index contributed by atoms with van der Waals surface area (Å²) in [7, 11) is 0. The van der Waals surface area contributed by atoms with Gasteiger partial charge in [0, 0.05) is 24.1 Å². The average Bonchev–Trinajstić information content (AvgIpc) is 2.55. The molecule has 2 aromatic rings. The maximum absolute atomic E-state index is 9.26. The van der Waals surface area contributed by atoms with Gasteiger partial charge in [0.05, 0.1) is 13.2 Å². The summed E-state index contributed by atoms with van der Waals surface area (Å²) in [5, 5.41) is 12.9. The minimum Gasteiger partial charge on any atom is -0.493 e. The lowest BCUT2D eigenvalue weighted by Crippen LogP contribution is -2.29. The molecular weight excluding hydrogens is 262 g/mol. The number of fused-ring (bicyclic) bond motifs is 1. The van der Waals surface area contributed by atoms with Crippen LogP contribution in [0, 0.1) is 0 Å². The molecule has 2 unspecified atom stereocenters. The first-order chi connectivity index (χ1) is 10.3. The first-order valence-electron chi connectivity index (χ1n) is 7.45. The van der Waals surface area contributed by atoms with Crippen LogP contribution in [-0.4, -0.2) is 11.7 Å². The Morgan fingerprint density at radius 1 is 1.24 bits per heavy atom. The van der Waals surface area contributed by atoms with Gasteiger partial charge in [-0.15, -0.1) is 0 Å². The van der Waals surface area contributed by atoms with Crippen molar-refractivity contribution >= 4 is 0 Å². The van der Waals surface area contributed by atoms with Gasteiger partial charge in [0.1, 0.15) is 5.75 Å². The van der Waals surface area contributed by atoms with Crippen LogP contribution in [0.1, 0.15) is 42.1 Å². The summed E-state index contributed by atoms with van der Waals surface area (Å²) in [5.74, 6) is 0.984. The molecule has 0 amide bonds. The Morgan fingerprint density at radius 3 is 2.95 bits per heavy atom. The molecule has 0 aromatic heterocycles. The zero-order valence-electron chi connectivity index (χ0n) is 12.3. The summed E-state index contributed by atoms with van der Waals surface area (Å²) in [4.78, 5) is 0. The van der Waals surface area contributed by atoms with E-state index in [-0.39, 0.29) is 12.6 Å². The predicted octanol–water partition coefficient (Wildman–Crippen LogP) is 3.35. The zero-order valence-corrected chi connectivity index (χ0v) is 12.3. The Balaban J connectivity index is 1.77. The number of ether oxygens (including phenoxy) is 1. The first kappa shape index (κ1) is 14.1. The third kappa shape index (κ3) is 3.09. The Labute approximate surface area is 125 Å². The summed E-state index contributed by atoms with van der Waals surface area (Å²) in [6.45, 7) is 2.99. The molecule has 21 heavy (non-hydrogen) atoms. The monoisotopic (exact) mass is 283 g/mol. The van der Waals surface area contributed by atoms with Gasteiger partial charge in [0.25, 0.3) is 0 Å². The molecule has 0 saturated carbocycles. The number of hydrogen-bond donors (Lipinski definition) is 2. The first-order valence-corrected chi connectivity index (χ1v) is 7.45. The van der Waals surface area contributed by atoms with Crippen molar-refractivity contribution in [3.8, 4) is 5.75 Å². The van der Waals surface area contributed by atoms with Crippen molar-refractivity contribution < 1.29 is 9.84 Å². The van der Waals surface area contributed by atoms with Gasteiger partial charge < -0.3 is 15.2 Å². The summed E-state index contributed by atoms with van der Waals surface area (Å²) in [6, 6.07) is 16.9. The van der Waals surface area contributed by atoms with Gasteiger partial charge in [-0.1, -0.05) is 42.5 Å². The molecule has 3 nitrogen and oxygen atoms in total. The van der Waals surface area contributed by atoms with E-state index in [1.165, 1.54) is 11.1 Å². The van der Waals surface area contributed by atoms with Crippen molar-refractivity contribution in [1.82, 2.24) is 5.32 Å². The van der Waals surface area contributed by atoms with Gasteiger partial charge >= 0.3 is 0 Å². The van der Waals surface area contributed by atoms with Gasteiger partial charge in [-0.25, -0.2) is 0 Å². The van der Waals surface area contributed by atoms with Crippen molar-refractivity contribution in [2.45, 2.75) is 32.0 Å². The maximum atomic E-state index is 9.26. The normalized spacial score (nSPS) is 18.7. The number of benzene rings is 2. The fraction of sp³-hybridized carbons (Fsp3) is 0.333. The van der Waals surface area contributed by atoms with E-state index in [2.05, 4.69) is 36.5 Å². The van der Waals surface area contributed by atoms with Crippen LogP contribution in [0.2, 0.25) is 0 Å². The second-order valence-electron chi connectivity index (χ2n) is 5.52. The highest BCUT2D eigenvalue weighted by atomic mass is 16.5. The lowest BCUT2D eigenvalue weighted by molar-refractivity contribution is 0.246. The van der Waals surface area contributed by atoms with Crippen LogP contribution < -0.4 is 10.1 Å². The Kier molecular flexibility index (Phi) is 4.23. The van der Waals surface area contributed by atoms with Crippen LogP contribution in [-0.2, 0) is 6.61 Å². The van der Waals surface area contributed by atoms with Crippen molar-refractivity contribution in [2.75, 3.05) is 6.61 Å². The van der Waals surface area contributed by atoms with Crippen LogP contribution in [0.15, 0.2) is 48.5 Å². The molecule has 2 N–H and O–H groups in total. The van der Waals surface area contributed by atoms with Gasteiger partial charge in [-0.2, -0.15) is 0 Å². The highest BCUT2D eigenvalue weighted by molar-refractivity contribution is 5.37. The maximum Gasteiger partial charge on any atom is 0.124 e. The number of rotatable bonds is 4. The fourth-order valence-electron chi connectivity index (χ4n) is 2.87. The number of aliphatic hydroxyl groups is 1. The quantitative estimate of drug-likeness (QED) is 0.904. The van der Waals surface area contributed by atoms with Crippen LogP contribution in [0.5, 0.6) is 5.75 Å². The van der Waals surface area contributed by atoms with Gasteiger partial charge in [0.15, 0.2) is 0 Å². The van der Waals surface area contributed by atoms with Crippen LogP contribution in [0.3, 0.4) is 0 Å². The van der Waals surface area contributed by atoms with Gasteiger partial charge in [-0.3, -0.25) is 0 Å². The van der Waals surface area contributed by atoms with E-state index in [1.54, 1.807) is 0 Å². The molecule has 3 rings (SSSR count). The summed E-state index contributed by atoms with van der Waals surface area (Å²) in [5.41, 5.74) is 3.38. The smallest absolute Gasteiger partial charge is 0.124 e. The molecular formula is C18H21NO2. The second-order valence-corrected chi connectivity index (χ2v) is 5.52. The minimum absolute atomic E-state index is 0.0840. The lowest BCUT2D eigenvalue weighted by atomic mass is 9.98. The Hall–Kier alpha value is -1.84. The SMILES string of the molecule is CC(NC1CCOc2ccccc21)c1cccc(CO)c1. The van der Waals surface area contributed by atoms with Crippen LogP contribution in [0.25, 0.3) is 0 Å². The molecule has 3 heteroatoms. The molecule has 0 saturated heterocycles. The average molecular weight is 283 g/mol. The standard InChI is InChI=1S/C18H21NO2/c1-13(15-6-4-5-14(11-15)12-20)19-17-9-10-21-18-8-3-2-7-16(17)18/h2-8,11,13,17,19-20H,9-10,12H2,1H3. The molecule has 0 radical (unpaired) electrons. The lowest BCUT2D eigenvalue weighted by Gasteiger charge is -2.29. The highest BCUT2D eigenvalue weighted by Crippen LogP contribution is 2.33. The van der Waals surface area contributed by atoms with Crippen LogP contribution in [0.4, 0.5) is 0 Å².